The van der Waals surface area contributed by atoms with Crippen molar-refractivity contribution in [2.75, 3.05) is 18.0 Å². The first-order chi connectivity index (χ1) is 16.5. The molecule has 1 aliphatic heterocycles. The Bertz CT molecular complexity index is 1360. The van der Waals surface area contributed by atoms with Crippen molar-refractivity contribution in [3.05, 3.63) is 70.8 Å². The molecule has 7 nitrogen and oxygen atoms in total. The van der Waals surface area contributed by atoms with Gasteiger partial charge in [0.1, 0.15) is 11.6 Å². The molecule has 9 heteroatoms. The number of anilines is 1. The highest BCUT2D eigenvalue weighted by Crippen LogP contribution is 2.26. The fraction of sp³-hybridized carbons (Fsp3) is 0.320. The smallest absolute Gasteiger partial charge is 0.387 e. The maximum absolute atomic E-state index is 12.9. The van der Waals surface area contributed by atoms with Crippen LogP contribution in [0.1, 0.15) is 24.8 Å². The number of rotatable bonds is 6. The summed E-state index contributed by atoms with van der Waals surface area (Å²) in [7, 11) is 1.66. The third-order valence-electron chi connectivity index (χ3n) is 6.29. The molecular formula is C25H25F2N5O2. The first kappa shape index (κ1) is 22.1. The molecule has 176 valence electrons. The van der Waals surface area contributed by atoms with Crippen LogP contribution in [0, 0.1) is 0 Å². The second-order valence-corrected chi connectivity index (χ2v) is 8.41. The van der Waals surface area contributed by atoms with Crippen molar-refractivity contribution < 1.29 is 13.5 Å². The molecule has 0 unspecified atom stereocenters. The maximum atomic E-state index is 12.9. The summed E-state index contributed by atoms with van der Waals surface area (Å²) in [4.78, 5) is 24.3. The van der Waals surface area contributed by atoms with Gasteiger partial charge >= 0.3 is 6.61 Å². The van der Waals surface area contributed by atoms with Gasteiger partial charge in [-0.1, -0.05) is 24.3 Å². The van der Waals surface area contributed by atoms with E-state index in [-0.39, 0.29) is 17.9 Å². The van der Waals surface area contributed by atoms with E-state index in [2.05, 4.69) is 19.6 Å². The number of halogens is 2. The molecule has 5 rings (SSSR count). The molecular weight excluding hydrogens is 440 g/mol. The average molecular weight is 466 g/mol. The summed E-state index contributed by atoms with van der Waals surface area (Å²) >= 11 is 0. The van der Waals surface area contributed by atoms with Crippen LogP contribution in [0.15, 0.2) is 59.7 Å². The molecule has 0 spiro atoms. The van der Waals surface area contributed by atoms with Crippen LogP contribution >= 0.6 is 0 Å². The Labute approximate surface area is 195 Å². The lowest BCUT2D eigenvalue weighted by atomic mass is 10.1. The van der Waals surface area contributed by atoms with Crippen molar-refractivity contribution in [2.24, 2.45) is 7.05 Å². The molecule has 0 amide bonds. The fourth-order valence-corrected chi connectivity index (χ4v) is 4.49. The summed E-state index contributed by atoms with van der Waals surface area (Å²) in [6.07, 6.45) is 7.12. The van der Waals surface area contributed by atoms with Gasteiger partial charge in [0.05, 0.1) is 35.5 Å². The largest absolute Gasteiger partial charge is 0.434 e. The summed E-state index contributed by atoms with van der Waals surface area (Å²) in [6, 6.07) is 12.1. The van der Waals surface area contributed by atoms with Gasteiger partial charge in [0, 0.05) is 31.3 Å². The Balaban J connectivity index is 1.50. The van der Waals surface area contributed by atoms with Gasteiger partial charge in [0.2, 0.25) is 0 Å². The Morgan fingerprint density at radius 2 is 1.82 bits per heavy atom. The zero-order valence-electron chi connectivity index (χ0n) is 18.8. The highest BCUT2D eigenvalue weighted by molar-refractivity contribution is 5.84. The Morgan fingerprint density at radius 1 is 1.03 bits per heavy atom. The molecule has 2 aromatic carbocycles. The molecule has 0 atom stereocenters. The third-order valence-corrected chi connectivity index (χ3v) is 6.29. The lowest BCUT2D eigenvalue weighted by molar-refractivity contribution is -0.0505. The number of benzene rings is 2. The fourth-order valence-electron chi connectivity index (χ4n) is 4.49. The lowest BCUT2D eigenvalue weighted by Gasteiger charge is -2.27. The molecule has 0 bridgehead atoms. The lowest BCUT2D eigenvalue weighted by Crippen LogP contribution is -2.30. The van der Waals surface area contributed by atoms with E-state index in [0.29, 0.717) is 22.2 Å². The van der Waals surface area contributed by atoms with E-state index in [0.717, 1.165) is 37.3 Å². The monoisotopic (exact) mass is 465 g/mol. The van der Waals surface area contributed by atoms with E-state index in [1.165, 1.54) is 17.2 Å². The molecule has 1 aliphatic rings. The van der Waals surface area contributed by atoms with E-state index in [9.17, 15) is 13.6 Å². The van der Waals surface area contributed by atoms with Crippen LogP contribution in [0.4, 0.5) is 14.6 Å². The van der Waals surface area contributed by atoms with E-state index in [1.54, 1.807) is 48.4 Å². The van der Waals surface area contributed by atoms with Gasteiger partial charge in [0.25, 0.3) is 5.56 Å². The van der Waals surface area contributed by atoms with Gasteiger partial charge < -0.3 is 9.64 Å². The highest BCUT2D eigenvalue weighted by atomic mass is 19.3. The van der Waals surface area contributed by atoms with Crippen molar-refractivity contribution in [2.45, 2.75) is 32.4 Å². The van der Waals surface area contributed by atoms with Crippen molar-refractivity contribution in [1.82, 2.24) is 19.3 Å². The number of hydrogen-bond acceptors (Lipinski definition) is 5. The Kier molecular flexibility index (Phi) is 6.00. The first-order valence-corrected chi connectivity index (χ1v) is 11.3. The Hall–Kier alpha value is -3.75. The zero-order chi connectivity index (χ0) is 23.7. The van der Waals surface area contributed by atoms with Gasteiger partial charge in [-0.2, -0.15) is 8.78 Å². The molecule has 1 fully saturated rings. The minimum absolute atomic E-state index is 0.0853. The van der Waals surface area contributed by atoms with Gasteiger partial charge in [-0.05, 0) is 37.5 Å². The highest BCUT2D eigenvalue weighted by Gasteiger charge is 2.17. The molecule has 1 saturated heterocycles. The van der Waals surface area contributed by atoms with E-state index in [1.807, 2.05) is 12.1 Å². The summed E-state index contributed by atoms with van der Waals surface area (Å²) in [5.41, 5.74) is 2.58. The van der Waals surface area contributed by atoms with E-state index >= 15 is 0 Å². The second kappa shape index (κ2) is 9.24. The third kappa shape index (κ3) is 4.25. The second-order valence-electron chi connectivity index (χ2n) is 8.41. The number of piperidine rings is 1. The predicted molar refractivity (Wildman–Crippen MR) is 126 cm³/mol. The minimum atomic E-state index is -2.93. The number of para-hydroxylation sites is 1. The molecule has 3 heterocycles. The SMILES string of the molecule is Cn1c(=O)c2ccc(-c3cnc(N4CCCCC4)cn3)cc2n1Cc1ccccc1OC(F)F. The Morgan fingerprint density at radius 3 is 2.56 bits per heavy atom. The van der Waals surface area contributed by atoms with Crippen LogP contribution in [0.25, 0.3) is 22.2 Å². The van der Waals surface area contributed by atoms with Crippen LogP contribution in [-0.4, -0.2) is 39.0 Å². The standard InChI is InChI=1S/C25H25F2N5O2/c1-30-24(33)19-10-9-17(20-14-29-23(15-28-20)31-11-5-2-6-12-31)13-21(19)32(30)16-18-7-3-4-8-22(18)34-25(26)27/h3-4,7-10,13-15,25H,2,5-6,11-12,16H2,1H3. The summed E-state index contributed by atoms with van der Waals surface area (Å²) < 4.78 is 33.6. The van der Waals surface area contributed by atoms with Gasteiger partial charge in [-0.25, -0.2) is 4.98 Å². The van der Waals surface area contributed by atoms with Crippen molar-refractivity contribution in [1.29, 1.82) is 0 Å². The number of fused-ring (bicyclic) bond motifs is 1. The van der Waals surface area contributed by atoms with Crippen molar-refractivity contribution in [3.8, 4) is 17.0 Å². The predicted octanol–water partition coefficient (Wildman–Crippen LogP) is 4.44. The molecule has 4 aromatic rings. The minimum Gasteiger partial charge on any atom is -0.434 e. The number of ether oxygens (including phenoxy) is 1. The van der Waals surface area contributed by atoms with E-state index in [4.69, 9.17) is 0 Å². The van der Waals surface area contributed by atoms with Gasteiger partial charge in [0.15, 0.2) is 0 Å². The molecule has 0 N–H and O–H groups in total. The van der Waals surface area contributed by atoms with E-state index < -0.39 is 6.61 Å². The first-order valence-electron chi connectivity index (χ1n) is 11.3. The average Bonchev–Trinajstić information content (AvgIpc) is 3.10. The summed E-state index contributed by atoms with van der Waals surface area (Å²) in [6.45, 7) is -0.745. The number of aromatic nitrogens is 4. The number of nitrogens with zero attached hydrogens (tertiary/aromatic N) is 5. The van der Waals surface area contributed by atoms with Crippen LogP contribution < -0.4 is 15.2 Å². The van der Waals surface area contributed by atoms with Crippen LogP contribution in [-0.2, 0) is 13.6 Å². The van der Waals surface area contributed by atoms with Crippen molar-refractivity contribution >= 4 is 16.7 Å². The molecule has 0 saturated carbocycles. The normalized spacial score (nSPS) is 14.2. The molecule has 34 heavy (non-hydrogen) atoms. The molecule has 2 aromatic heterocycles. The van der Waals surface area contributed by atoms with Crippen LogP contribution in [0.2, 0.25) is 0 Å². The van der Waals surface area contributed by atoms with Crippen molar-refractivity contribution in [3.63, 3.8) is 0 Å². The summed E-state index contributed by atoms with van der Waals surface area (Å²) in [5.74, 6) is 0.957. The van der Waals surface area contributed by atoms with Gasteiger partial charge in [-0.3, -0.25) is 19.1 Å². The quantitative estimate of drug-likeness (QED) is 0.421. The van der Waals surface area contributed by atoms with Crippen LogP contribution in [0.5, 0.6) is 5.75 Å². The topological polar surface area (TPSA) is 65.2 Å². The summed E-state index contributed by atoms with van der Waals surface area (Å²) in [5, 5.41) is 0.538. The van der Waals surface area contributed by atoms with Crippen LogP contribution in [0.3, 0.4) is 0 Å². The zero-order valence-corrected chi connectivity index (χ0v) is 18.8. The maximum Gasteiger partial charge on any atom is 0.387 e. The van der Waals surface area contributed by atoms with Gasteiger partial charge in [-0.15, -0.1) is 0 Å². The molecule has 0 aliphatic carbocycles. The molecule has 0 radical (unpaired) electrons. The number of alkyl halides is 2. The number of hydrogen-bond donors (Lipinski definition) is 0.